The molecule has 0 atom stereocenters. The minimum atomic E-state index is 0.551. The summed E-state index contributed by atoms with van der Waals surface area (Å²) >= 11 is 1.65. The van der Waals surface area contributed by atoms with Gasteiger partial charge >= 0.3 is 0 Å². The molecule has 0 saturated carbocycles. The number of thiazole rings is 1. The maximum Gasteiger partial charge on any atom is 0.123 e. The third kappa shape index (κ3) is 4.77. The highest BCUT2D eigenvalue weighted by molar-refractivity contribution is 7.15. The zero-order valence-corrected chi connectivity index (χ0v) is 14.4. The van der Waals surface area contributed by atoms with Crippen molar-refractivity contribution in [3.05, 3.63) is 35.3 Å². The van der Waals surface area contributed by atoms with Gasteiger partial charge in [0.15, 0.2) is 0 Å². The van der Waals surface area contributed by atoms with Gasteiger partial charge in [0.1, 0.15) is 10.8 Å². The summed E-state index contributed by atoms with van der Waals surface area (Å²) in [5.74, 6) is 0.933. The lowest BCUT2D eigenvalue weighted by molar-refractivity contribution is 0.205. The monoisotopic (exact) mass is 331 g/mol. The summed E-state index contributed by atoms with van der Waals surface area (Å²) in [5, 5.41) is 1.02. The molecule has 0 radical (unpaired) electrons. The molecule has 0 spiro atoms. The van der Waals surface area contributed by atoms with Crippen molar-refractivity contribution in [2.75, 3.05) is 26.2 Å². The van der Waals surface area contributed by atoms with Crippen molar-refractivity contribution >= 4 is 11.3 Å². The van der Waals surface area contributed by atoms with Gasteiger partial charge in [0.2, 0.25) is 0 Å². The van der Waals surface area contributed by atoms with Gasteiger partial charge in [0.05, 0.1) is 6.61 Å². The summed E-state index contributed by atoms with van der Waals surface area (Å²) in [5.41, 5.74) is 6.75. The predicted octanol–water partition coefficient (Wildman–Crippen LogP) is 3.52. The van der Waals surface area contributed by atoms with Gasteiger partial charge in [0, 0.05) is 29.7 Å². The van der Waals surface area contributed by atoms with E-state index in [9.17, 15) is 0 Å². The standard InChI is InChI=1S/C18H25N3OS/c19-13-17-14-20-18(23-17)15-5-7-16(8-6-15)22-12-4-11-21-9-2-1-3-10-21/h5-8,14H,1-4,9-13,19H2. The molecule has 4 nitrogen and oxygen atoms in total. The van der Waals surface area contributed by atoms with Crippen LogP contribution in [0.1, 0.15) is 30.6 Å². The van der Waals surface area contributed by atoms with E-state index in [1.807, 2.05) is 18.3 Å². The Morgan fingerprint density at radius 2 is 1.91 bits per heavy atom. The molecule has 2 heterocycles. The lowest BCUT2D eigenvalue weighted by Crippen LogP contribution is -2.31. The summed E-state index contributed by atoms with van der Waals surface area (Å²) in [6.45, 7) is 5.00. The highest BCUT2D eigenvalue weighted by Crippen LogP contribution is 2.26. The van der Waals surface area contributed by atoms with E-state index < -0.39 is 0 Å². The van der Waals surface area contributed by atoms with Crippen molar-refractivity contribution < 1.29 is 4.74 Å². The molecule has 2 aromatic rings. The van der Waals surface area contributed by atoms with Crippen LogP contribution in [0, 0.1) is 0 Å². The first-order valence-corrected chi connectivity index (χ1v) is 9.27. The van der Waals surface area contributed by atoms with E-state index in [0.717, 1.165) is 40.8 Å². The summed E-state index contributed by atoms with van der Waals surface area (Å²) in [7, 11) is 0. The lowest BCUT2D eigenvalue weighted by Gasteiger charge is -2.26. The molecule has 0 amide bonds. The van der Waals surface area contributed by atoms with Crippen molar-refractivity contribution in [1.29, 1.82) is 0 Å². The number of piperidine rings is 1. The van der Waals surface area contributed by atoms with E-state index in [0.29, 0.717) is 6.54 Å². The van der Waals surface area contributed by atoms with Crippen LogP contribution in [0.4, 0.5) is 0 Å². The number of benzene rings is 1. The Labute approximate surface area is 142 Å². The third-order valence-corrected chi connectivity index (χ3v) is 5.26. The van der Waals surface area contributed by atoms with E-state index in [1.54, 1.807) is 11.3 Å². The molecule has 23 heavy (non-hydrogen) atoms. The van der Waals surface area contributed by atoms with E-state index in [-0.39, 0.29) is 0 Å². The largest absolute Gasteiger partial charge is 0.494 e. The van der Waals surface area contributed by atoms with Crippen LogP contribution >= 0.6 is 11.3 Å². The van der Waals surface area contributed by atoms with Gasteiger partial charge in [-0.3, -0.25) is 0 Å². The maximum atomic E-state index is 5.85. The zero-order chi connectivity index (χ0) is 15.9. The number of ether oxygens (including phenoxy) is 1. The molecule has 5 heteroatoms. The minimum absolute atomic E-state index is 0.551. The van der Waals surface area contributed by atoms with Crippen LogP contribution in [0.2, 0.25) is 0 Å². The maximum absolute atomic E-state index is 5.85. The van der Waals surface area contributed by atoms with E-state index in [2.05, 4.69) is 22.0 Å². The molecule has 1 saturated heterocycles. The van der Waals surface area contributed by atoms with Crippen molar-refractivity contribution in [1.82, 2.24) is 9.88 Å². The van der Waals surface area contributed by atoms with Crippen LogP contribution in [-0.2, 0) is 6.54 Å². The van der Waals surface area contributed by atoms with Gasteiger partial charge in [-0.25, -0.2) is 4.98 Å². The molecule has 1 aliphatic heterocycles. The summed E-state index contributed by atoms with van der Waals surface area (Å²) in [6, 6.07) is 8.19. The van der Waals surface area contributed by atoms with Crippen molar-refractivity contribution in [3.8, 4) is 16.3 Å². The summed E-state index contributed by atoms with van der Waals surface area (Å²) < 4.78 is 5.85. The molecular formula is C18H25N3OS. The Balaban J connectivity index is 1.44. The molecule has 2 N–H and O–H groups in total. The molecular weight excluding hydrogens is 306 g/mol. The Kier molecular flexibility index (Phi) is 6.02. The highest BCUT2D eigenvalue weighted by atomic mass is 32.1. The molecule has 124 valence electrons. The predicted molar refractivity (Wildman–Crippen MR) is 95.8 cm³/mol. The van der Waals surface area contributed by atoms with Crippen LogP contribution in [-0.4, -0.2) is 36.1 Å². The number of hydrogen-bond acceptors (Lipinski definition) is 5. The molecule has 1 fully saturated rings. The Bertz CT molecular complexity index is 591. The smallest absolute Gasteiger partial charge is 0.123 e. The molecule has 0 bridgehead atoms. The minimum Gasteiger partial charge on any atom is -0.494 e. The number of nitrogens with zero attached hydrogens (tertiary/aromatic N) is 2. The molecule has 1 aromatic heterocycles. The van der Waals surface area contributed by atoms with Gasteiger partial charge in [0.25, 0.3) is 0 Å². The van der Waals surface area contributed by atoms with Crippen molar-refractivity contribution in [2.45, 2.75) is 32.2 Å². The second kappa shape index (κ2) is 8.43. The topological polar surface area (TPSA) is 51.4 Å². The Morgan fingerprint density at radius 1 is 1.13 bits per heavy atom. The zero-order valence-electron chi connectivity index (χ0n) is 13.5. The SMILES string of the molecule is NCc1cnc(-c2ccc(OCCCN3CCCCC3)cc2)s1. The fraction of sp³-hybridized carbons (Fsp3) is 0.500. The Hall–Kier alpha value is -1.43. The summed E-state index contributed by atoms with van der Waals surface area (Å²) in [6.07, 6.45) is 7.04. The van der Waals surface area contributed by atoms with Gasteiger partial charge < -0.3 is 15.4 Å². The second-order valence-corrected chi connectivity index (χ2v) is 7.08. The first-order chi connectivity index (χ1) is 11.3. The average Bonchev–Trinajstić information content (AvgIpc) is 3.09. The Morgan fingerprint density at radius 3 is 2.61 bits per heavy atom. The van der Waals surface area contributed by atoms with Gasteiger partial charge in [-0.05, 0) is 56.6 Å². The third-order valence-electron chi connectivity index (χ3n) is 4.19. The summed E-state index contributed by atoms with van der Waals surface area (Å²) in [4.78, 5) is 8.06. The number of aromatic nitrogens is 1. The van der Waals surface area contributed by atoms with Crippen LogP contribution in [0.3, 0.4) is 0 Å². The molecule has 0 aliphatic carbocycles. The second-order valence-electron chi connectivity index (χ2n) is 5.96. The van der Waals surface area contributed by atoms with Crippen molar-refractivity contribution in [3.63, 3.8) is 0 Å². The number of likely N-dealkylation sites (tertiary alicyclic amines) is 1. The molecule has 3 rings (SSSR count). The number of hydrogen-bond donors (Lipinski definition) is 1. The first-order valence-electron chi connectivity index (χ1n) is 8.45. The van der Waals surface area contributed by atoms with Gasteiger partial charge in [-0.15, -0.1) is 11.3 Å². The first kappa shape index (κ1) is 16.4. The fourth-order valence-corrected chi connectivity index (χ4v) is 3.69. The van der Waals surface area contributed by atoms with Crippen molar-refractivity contribution in [2.24, 2.45) is 5.73 Å². The van der Waals surface area contributed by atoms with Crippen LogP contribution in [0.15, 0.2) is 30.5 Å². The highest BCUT2D eigenvalue weighted by Gasteiger charge is 2.09. The lowest BCUT2D eigenvalue weighted by atomic mass is 10.1. The number of nitrogens with two attached hydrogens (primary N) is 1. The molecule has 1 aromatic carbocycles. The van der Waals surface area contributed by atoms with Gasteiger partial charge in [-0.1, -0.05) is 6.42 Å². The van der Waals surface area contributed by atoms with E-state index in [1.165, 1.54) is 32.4 Å². The van der Waals surface area contributed by atoms with E-state index in [4.69, 9.17) is 10.5 Å². The van der Waals surface area contributed by atoms with Crippen LogP contribution < -0.4 is 10.5 Å². The van der Waals surface area contributed by atoms with Gasteiger partial charge in [-0.2, -0.15) is 0 Å². The average molecular weight is 331 g/mol. The quantitative estimate of drug-likeness (QED) is 0.789. The molecule has 0 unspecified atom stereocenters. The fourth-order valence-electron chi connectivity index (χ4n) is 2.89. The molecule has 1 aliphatic rings. The van der Waals surface area contributed by atoms with Crippen LogP contribution in [0.25, 0.3) is 10.6 Å². The normalized spacial score (nSPS) is 15.7. The number of rotatable bonds is 7. The van der Waals surface area contributed by atoms with E-state index >= 15 is 0 Å². The van der Waals surface area contributed by atoms with Crippen LogP contribution in [0.5, 0.6) is 5.75 Å².